The van der Waals surface area contributed by atoms with Crippen molar-refractivity contribution in [3.8, 4) is 16.8 Å². The van der Waals surface area contributed by atoms with Gasteiger partial charge in [0, 0.05) is 24.8 Å². The minimum absolute atomic E-state index is 0.149. The van der Waals surface area contributed by atoms with Crippen LogP contribution in [0, 0.1) is 5.82 Å². The summed E-state index contributed by atoms with van der Waals surface area (Å²) in [6.45, 7) is 4.52. The second-order valence-corrected chi connectivity index (χ2v) is 7.81. The maximum Gasteiger partial charge on any atom is 0.334 e. The molecular weight excluding hydrogens is 407 g/mol. The van der Waals surface area contributed by atoms with E-state index in [4.69, 9.17) is 0 Å². The summed E-state index contributed by atoms with van der Waals surface area (Å²) in [5, 5.41) is 0. The highest BCUT2D eigenvalue weighted by atomic mass is 19.1. The number of aromatic nitrogens is 3. The number of nitrogens with zero attached hydrogens (tertiary/aromatic N) is 4. The van der Waals surface area contributed by atoms with Gasteiger partial charge in [-0.1, -0.05) is 36.9 Å². The molecule has 0 saturated carbocycles. The van der Waals surface area contributed by atoms with Crippen LogP contribution < -0.4 is 5.69 Å². The van der Waals surface area contributed by atoms with Gasteiger partial charge in [-0.15, -0.1) is 0 Å². The van der Waals surface area contributed by atoms with Gasteiger partial charge in [-0.3, -0.25) is 18.9 Å². The molecule has 0 aliphatic carbocycles. The molecule has 0 radical (unpaired) electrons. The molecule has 1 saturated heterocycles. The van der Waals surface area contributed by atoms with E-state index in [0.29, 0.717) is 41.8 Å². The van der Waals surface area contributed by atoms with Gasteiger partial charge < -0.3 is 4.90 Å². The van der Waals surface area contributed by atoms with Crippen molar-refractivity contribution in [1.29, 1.82) is 0 Å². The van der Waals surface area contributed by atoms with Gasteiger partial charge in [-0.2, -0.15) is 0 Å². The first-order valence-electron chi connectivity index (χ1n) is 10.4. The van der Waals surface area contributed by atoms with Crippen molar-refractivity contribution in [3.63, 3.8) is 0 Å². The lowest BCUT2D eigenvalue weighted by Crippen LogP contribution is -2.31. The first-order chi connectivity index (χ1) is 15.6. The molecule has 32 heavy (non-hydrogen) atoms. The van der Waals surface area contributed by atoms with Crippen LogP contribution in [-0.2, 0) is 4.79 Å². The maximum absolute atomic E-state index is 15.0. The summed E-state index contributed by atoms with van der Waals surface area (Å²) in [4.78, 5) is 31.4. The van der Waals surface area contributed by atoms with Gasteiger partial charge >= 0.3 is 5.69 Å². The standard InChI is InChI=1S/C25H21FN4O2/c1-2-24(31)28-13-11-19(16-28)30-22-10-12-27-15-23(22)29(25(30)32)18-8-9-20(21(26)14-18)17-6-4-3-5-7-17/h2-10,12,14-15,19H,1,11,13,16H2/t19-/m1/s1. The van der Waals surface area contributed by atoms with Crippen LogP contribution in [0.25, 0.3) is 27.8 Å². The van der Waals surface area contributed by atoms with Gasteiger partial charge in [-0.25, -0.2) is 9.18 Å². The smallest absolute Gasteiger partial charge is 0.334 e. The highest BCUT2D eigenvalue weighted by molar-refractivity contribution is 5.87. The number of amides is 1. The summed E-state index contributed by atoms with van der Waals surface area (Å²) in [7, 11) is 0. The Kier molecular flexibility index (Phi) is 4.93. The summed E-state index contributed by atoms with van der Waals surface area (Å²) in [5.41, 5.74) is 2.69. The Bertz CT molecular complexity index is 1390. The van der Waals surface area contributed by atoms with Crippen molar-refractivity contribution in [1.82, 2.24) is 19.0 Å². The molecule has 4 aromatic rings. The van der Waals surface area contributed by atoms with E-state index in [1.165, 1.54) is 16.7 Å². The first-order valence-corrected chi connectivity index (χ1v) is 10.4. The molecule has 1 aliphatic heterocycles. The van der Waals surface area contributed by atoms with Crippen LogP contribution in [0.15, 0.2) is 84.4 Å². The minimum atomic E-state index is -0.408. The second-order valence-electron chi connectivity index (χ2n) is 7.81. The highest BCUT2D eigenvalue weighted by Crippen LogP contribution is 2.28. The van der Waals surface area contributed by atoms with E-state index < -0.39 is 5.82 Å². The van der Waals surface area contributed by atoms with Gasteiger partial charge in [0.2, 0.25) is 5.91 Å². The number of benzene rings is 2. The second kappa shape index (κ2) is 7.92. The molecule has 1 atom stereocenters. The number of rotatable bonds is 4. The fourth-order valence-electron chi connectivity index (χ4n) is 4.45. The van der Waals surface area contributed by atoms with E-state index in [1.807, 2.05) is 30.3 Å². The fraction of sp³-hybridized carbons (Fsp3) is 0.160. The number of hydrogen-bond acceptors (Lipinski definition) is 3. The zero-order chi connectivity index (χ0) is 22.2. The van der Waals surface area contributed by atoms with E-state index in [1.54, 1.807) is 40.1 Å². The number of likely N-dealkylation sites (tertiary alicyclic amines) is 1. The Morgan fingerprint density at radius 3 is 2.69 bits per heavy atom. The Morgan fingerprint density at radius 1 is 1.12 bits per heavy atom. The average molecular weight is 428 g/mol. The van der Waals surface area contributed by atoms with Crippen LogP contribution in [0.5, 0.6) is 0 Å². The summed E-state index contributed by atoms with van der Waals surface area (Å²) < 4.78 is 18.2. The van der Waals surface area contributed by atoms with Gasteiger partial charge in [0.15, 0.2) is 0 Å². The van der Waals surface area contributed by atoms with Crippen LogP contribution >= 0.6 is 0 Å². The van der Waals surface area contributed by atoms with Gasteiger partial charge in [0.05, 0.1) is 29.0 Å². The summed E-state index contributed by atoms with van der Waals surface area (Å²) in [6, 6.07) is 15.7. The molecule has 0 spiro atoms. The topological polar surface area (TPSA) is 60.1 Å². The average Bonchev–Trinajstić information content (AvgIpc) is 3.41. The molecule has 5 rings (SSSR count). The van der Waals surface area contributed by atoms with Gasteiger partial charge in [0.1, 0.15) is 5.82 Å². The lowest BCUT2D eigenvalue weighted by atomic mass is 10.0. The van der Waals surface area contributed by atoms with Crippen LogP contribution in [0.3, 0.4) is 0 Å². The summed E-state index contributed by atoms with van der Waals surface area (Å²) in [6.07, 6.45) is 5.18. The van der Waals surface area contributed by atoms with Crippen LogP contribution in [0.1, 0.15) is 12.5 Å². The number of carbonyl (C=O) groups excluding carboxylic acids is 1. The predicted octanol–water partition coefficient (Wildman–Crippen LogP) is 3.95. The van der Waals surface area contributed by atoms with Crippen LogP contribution in [0.2, 0.25) is 0 Å². The molecule has 2 aromatic heterocycles. The zero-order valence-corrected chi connectivity index (χ0v) is 17.3. The van der Waals surface area contributed by atoms with Gasteiger partial charge in [0.25, 0.3) is 0 Å². The SMILES string of the molecule is C=CC(=O)N1CC[C@@H](n2c(=O)n(-c3ccc(-c4ccccc4)c(F)c3)c3cnccc32)C1. The molecule has 2 aromatic carbocycles. The number of carbonyl (C=O) groups is 1. The normalized spacial score (nSPS) is 15.9. The van der Waals surface area contributed by atoms with Gasteiger partial charge in [-0.05, 0) is 42.3 Å². The van der Waals surface area contributed by atoms with Crippen molar-refractivity contribution >= 4 is 16.9 Å². The Hall–Kier alpha value is -4.00. The van der Waals surface area contributed by atoms with E-state index in [2.05, 4.69) is 11.6 Å². The molecule has 3 heterocycles. The summed E-state index contributed by atoms with van der Waals surface area (Å²) in [5.74, 6) is -0.557. The molecule has 0 unspecified atom stereocenters. The molecule has 1 fully saturated rings. The number of hydrogen-bond donors (Lipinski definition) is 0. The van der Waals surface area contributed by atoms with Crippen molar-refractivity contribution in [3.05, 3.63) is 95.9 Å². The predicted molar refractivity (Wildman–Crippen MR) is 121 cm³/mol. The van der Waals surface area contributed by atoms with Crippen molar-refractivity contribution in [2.24, 2.45) is 0 Å². The molecule has 1 amide bonds. The third-order valence-electron chi connectivity index (χ3n) is 5.99. The van der Waals surface area contributed by atoms with E-state index >= 15 is 4.39 Å². The minimum Gasteiger partial charge on any atom is -0.337 e. The highest BCUT2D eigenvalue weighted by Gasteiger charge is 2.30. The Labute approximate surface area is 183 Å². The number of halogens is 1. The van der Waals surface area contributed by atoms with Crippen molar-refractivity contribution in [2.75, 3.05) is 13.1 Å². The zero-order valence-electron chi connectivity index (χ0n) is 17.3. The number of fused-ring (bicyclic) bond motifs is 1. The molecule has 7 heteroatoms. The Morgan fingerprint density at radius 2 is 1.94 bits per heavy atom. The van der Waals surface area contributed by atoms with Crippen LogP contribution in [0.4, 0.5) is 4.39 Å². The molecule has 0 N–H and O–H groups in total. The Balaban J connectivity index is 1.61. The van der Waals surface area contributed by atoms with E-state index in [9.17, 15) is 9.59 Å². The third-order valence-corrected chi connectivity index (χ3v) is 5.99. The first kappa shape index (κ1) is 19.9. The largest absolute Gasteiger partial charge is 0.337 e. The maximum atomic E-state index is 15.0. The molecule has 1 aliphatic rings. The molecule has 0 bridgehead atoms. The van der Waals surface area contributed by atoms with Crippen molar-refractivity contribution in [2.45, 2.75) is 12.5 Å². The fourth-order valence-corrected chi connectivity index (χ4v) is 4.45. The van der Waals surface area contributed by atoms with Crippen molar-refractivity contribution < 1.29 is 9.18 Å². The van der Waals surface area contributed by atoms with E-state index in [-0.39, 0.29) is 17.6 Å². The van der Waals surface area contributed by atoms with Crippen LogP contribution in [-0.4, -0.2) is 38.0 Å². The molecule has 160 valence electrons. The molecule has 6 nitrogen and oxygen atoms in total. The number of pyridine rings is 1. The monoisotopic (exact) mass is 428 g/mol. The third kappa shape index (κ3) is 3.22. The lowest BCUT2D eigenvalue weighted by molar-refractivity contribution is -0.125. The molecular formula is C25H21FN4O2. The quantitative estimate of drug-likeness (QED) is 0.463. The lowest BCUT2D eigenvalue weighted by Gasteiger charge is -2.15. The summed E-state index contributed by atoms with van der Waals surface area (Å²) >= 11 is 0. The van der Waals surface area contributed by atoms with E-state index in [0.717, 1.165) is 5.56 Å². The number of imidazole rings is 1.